The largest absolute Gasteiger partial charge is 0.478 e. The number of carboxylic acid groups (broad SMARTS) is 1. The molecule has 1 aromatic carbocycles. The monoisotopic (exact) mass is 252 g/mol. The zero-order valence-electron chi connectivity index (χ0n) is 10.5. The average Bonchev–Trinajstić information content (AvgIpc) is 3.14. The number of nitrogens with two attached hydrogens (primary N) is 1. The van der Waals surface area contributed by atoms with Crippen LogP contribution >= 0.6 is 0 Å². The van der Waals surface area contributed by atoms with Crippen LogP contribution in [0.4, 0.5) is 15.8 Å². The van der Waals surface area contributed by atoms with E-state index in [-0.39, 0.29) is 17.3 Å². The van der Waals surface area contributed by atoms with Crippen LogP contribution in [0.3, 0.4) is 0 Å². The van der Waals surface area contributed by atoms with Crippen molar-refractivity contribution in [2.45, 2.75) is 25.8 Å². The Kier molecular flexibility index (Phi) is 3.15. The zero-order valence-corrected chi connectivity index (χ0v) is 10.5. The van der Waals surface area contributed by atoms with Gasteiger partial charge in [-0.3, -0.25) is 0 Å². The van der Waals surface area contributed by atoms with Crippen LogP contribution in [0, 0.1) is 11.7 Å². The van der Waals surface area contributed by atoms with Gasteiger partial charge in [-0.1, -0.05) is 0 Å². The lowest BCUT2D eigenvalue weighted by molar-refractivity contribution is 0.0698. The molecular weight excluding hydrogens is 235 g/mol. The minimum absolute atomic E-state index is 0.148. The molecule has 0 heterocycles. The Morgan fingerprint density at radius 1 is 1.56 bits per heavy atom. The third-order valence-corrected chi connectivity index (χ3v) is 3.68. The highest BCUT2D eigenvalue weighted by atomic mass is 19.1. The fraction of sp³-hybridized carbons (Fsp3) is 0.462. The van der Waals surface area contributed by atoms with Crippen LogP contribution in [0.15, 0.2) is 12.1 Å². The van der Waals surface area contributed by atoms with Gasteiger partial charge in [-0.25, -0.2) is 9.18 Å². The molecule has 0 aromatic heterocycles. The second-order valence-corrected chi connectivity index (χ2v) is 4.85. The first-order valence-corrected chi connectivity index (χ1v) is 5.97. The maximum atomic E-state index is 13.3. The predicted molar refractivity (Wildman–Crippen MR) is 68.4 cm³/mol. The highest BCUT2D eigenvalue weighted by molar-refractivity contribution is 6.00. The molecule has 0 saturated heterocycles. The highest BCUT2D eigenvalue weighted by Gasteiger charge is 2.32. The Morgan fingerprint density at radius 2 is 2.17 bits per heavy atom. The second-order valence-electron chi connectivity index (χ2n) is 4.85. The Morgan fingerprint density at radius 3 is 2.67 bits per heavy atom. The first-order chi connectivity index (χ1) is 8.43. The molecule has 1 aliphatic carbocycles. The first-order valence-electron chi connectivity index (χ1n) is 5.97. The standard InChI is InChI=1S/C13H17FN2O2/c1-7(8-3-4-8)16(2)10-6-5-9(14)12(15)11(10)13(17)18/h5-8H,3-4,15H2,1-2H3,(H,17,18). The van der Waals surface area contributed by atoms with Gasteiger partial charge in [0.05, 0.1) is 11.4 Å². The minimum atomic E-state index is -1.20. The van der Waals surface area contributed by atoms with Crippen molar-refractivity contribution >= 4 is 17.3 Å². The molecule has 3 N–H and O–H groups in total. The van der Waals surface area contributed by atoms with E-state index in [9.17, 15) is 14.3 Å². The number of hydrogen-bond acceptors (Lipinski definition) is 3. The number of hydrogen-bond donors (Lipinski definition) is 2. The SMILES string of the molecule is CC(C1CC1)N(C)c1ccc(F)c(N)c1C(=O)O. The van der Waals surface area contributed by atoms with Gasteiger partial charge in [0.25, 0.3) is 0 Å². The number of anilines is 2. The minimum Gasteiger partial charge on any atom is -0.478 e. The molecule has 1 unspecified atom stereocenters. The van der Waals surface area contributed by atoms with Crippen LogP contribution in [-0.2, 0) is 0 Å². The topological polar surface area (TPSA) is 66.6 Å². The van der Waals surface area contributed by atoms with Crippen molar-refractivity contribution in [3.05, 3.63) is 23.5 Å². The number of benzene rings is 1. The van der Waals surface area contributed by atoms with Gasteiger partial charge in [-0.15, -0.1) is 0 Å². The zero-order chi connectivity index (χ0) is 13.4. The Labute approximate surface area is 105 Å². The maximum absolute atomic E-state index is 13.3. The molecule has 2 rings (SSSR count). The van der Waals surface area contributed by atoms with Crippen LogP contribution in [0.25, 0.3) is 0 Å². The molecule has 4 nitrogen and oxygen atoms in total. The van der Waals surface area contributed by atoms with E-state index < -0.39 is 11.8 Å². The fourth-order valence-electron chi connectivity index (χ4n) is 2.22. The van der Waals surface area contributed by atoms with Gasteiger partial charge in [0, 0.05) is 13.1 Å². The number of nitrogens with zero attached hydrogens (tertiary/aromatic N) is 1. The molecule has 0 aliphatic heterocycles. The van der Waals surface area contributed by atoms with Gasteiger partial charge in [0.15, 0.2) is 0 Å². The molecule has 1 atom stereocenters. The van der Waals surface area contributed by atoms with E-state index in [1.54, 1.807) is 0 Å². The second kappa shape index (κ2) is 4.48. The molecule has 1 aromatic rings. The lowest BCUT2D eigenvalue weighted by Crippen LogP contribution is -2.32. The van der Waals surface area contributed by atoms with Crippen LogP contribution in [0.5, 0.6) is 0 Å². The van der Waals surface area contributed by atoms with Gasteiger partial charge < -0.3 is 15.7 Å². The Bertz CT molecular complexity index is 486. The molecule has 1 saturated carbocycles. The molecule has 1 fully saturated rings. The van der Waals surface area contributed by atoms with Gasteiger partial charge in [-0.05, 0) is 37.8 Å². The number of aromatic carboxylic acids is 1. The van der Waals surface area contributed by atoms with Crippen LogP contribution in [0.1, 0.15) is 30.1 Å². The van der Waals surface area contributed by atoms with Crippen molar-refractivity contribution in [3.8, 4) is 0 Å². The summed E-state index contributed by atoms with van der Waals surface area (Å²) in [5.41, 5.74) is 5.56. The van der Waals surface area contributed by atoms with Crippen molar-refractivity contribution in [2.75, 3.05) is 17.7 Å². The number of carboxylic acids is 1. The Balaban J connectivity index is 2.43. The van der Waals surface area contributed by atoms with Gasteiger partial charge in [-0.2, -0.15) is 0 Å². The van der Waals surface area contributed by atoms with Crippen molar-refractivity contribution in [1.82, 2.24) is 0 Å². The van der Waals surface area contributed by atoms with E-state index in [2.05, 4.69) is 0 Å². The molecule has 0 radical (unpaired) electrons. The summed E-state index contributed by atoms with van der Waals surface area (Å²) in [5, 5.41) is 9.18. The number of halogens is 1. The van der Waals surface area contributed by atoms with Crippen LogP contribution in [0.2, 0.25) is 0 Å². The summed E-state index contributed by atoms with van der Waals surface area (Å²) >= 11 is 0. The van der Waals surface area contributed by atoms with Crippen LogP contribution < -0.4 is 10.6 Å². The van der Waals surface area contributed by atoms with Crippen molar-refractivity contribution in [2.24, 2.45) is 5.92 Å². The van der Waals surface area contributed by atoms with E-state index >= 15 is 0 Å². The summed E-state index contributed by atoms with van der Waals surface area (Å²) in [5.74, 6) is -1.30. The van der Waals surface area contributed by atoms with E-state index in [4.69, 9.17) is 5.73 Å². The van der Waals surface area contributed by atoms with Crippen molar-refractivity contribution in [1.29, 1.82) is 0 Å². The quantitative estimate of drug-likeness (QED) is 0.807. The van der Waals surface area contributed by atoms with Crippen LogP contribution in [-0.4, -0.2) is 24.2 Å². The predicted octanol–water partition coefficient (Wildman–Crippen LogP) is 2.34. The summed E-state index contributed by atoms with van der Waals surface area (Å²) in [6.07, 6.45) is 2.31. The number of carbonyl (C=O) groups is 1. The molecule has 98 valence electrons. The lowest BCUT2D eigenvalue weighted by Gasteiger charge is -2.28. The summed E-state index contributed by atoms with van der Waals surface area (Å²) < 4.78 is 13.3. The average molecular weight is 252 g/mol. The van der Waals surface area contributed by atoms with E-state index in [1.807, 2.05) is 18.9 Å². The summed E-state index contributed by atoms with van der Waals surface area (Å²) in [4.78, 5) is 13.1. The highest BCUT2D eigenvalue weighted by Crippen LogP contribution is 2.38. The maximum Gasteiger partial charge on any atom is 0.340 e. The summed E-state index contributed by atoms with van der Waals surface area (Å²) in [7, 11) is 1.82. The third-order valence-electron chi connectivity index (χ3n) is 3.68. The number of rotatable bonds is 4. The van der Waals surface area contributed by atoms with E-state index in [0.29, 0.717) is 11.6 Å². The first kappa shape index (κ1) is 12.7. The van der Waals surface area contributed by atoms with Crippen molar-refractivity contribution in [3.63, 3.8) is 0 Å². The molecule has 18 heavy (non-hydrogen) atoms. The smallest absolute Gasteiger partial charge is 0.340 e. The van der Waals surface area contributed by atoms with Gasteiger partial charge >= 0.3 is 5.97 Å². The normalized spacial score (nSPS) is 16.4. The van der Waals surface area contributed by atoms with Gasteiger partial charge in [0.1, 0.15) is 11.4 Å². The molecule has 0 bridgehead atoms. The molecule has 0 spiro atoms. The lowest BCUT2D eigenvalue weighted by atomic mass is 10.1. The fourth-order valence-corrected chi connectivity index (χ4v) is 2.22. The third kappa shape index (κ3) is 2.12. The number of nitrogen functional groups attached to an aromatic ring is 1. The summed E-state index contributed by atoms with van der Waals surface area (Å²) in [6.45, 7) is 2.04. The summed E-state index contributed by atoms with van der Waals surface area (Å²) in [6, 6.07) is 2.93. The Hall–Kier alpha value is -1.78. The molecule has 1 aliphatic rings. The molecule has 5 heteroatoms. The van der Waals surface area contributed by atoms with Crippen molar-refractivity contribution < 1.29 is 14.3 Å². The van der Waals surface area contributed by atoms with E-state index in [1.165, 1.54) is 12.1 Å². The van der Waals surface area contributed by atoms with Gasteiger partial charge in [0.2, 0.25) is 0 Å². The molecule has 0 amide bonds. The molecular formula is C13H17FN2O2. The van der Waals surface area contributed by atoms with E-state index in [0.717, 1.165) is 12.8 Å².